The van der Waals surface area contributed by atoms with Gasteiger partial charge in [-0.25, -0.2) is 4.98 Å². The fourth-order valence-corrected chi connectivity index (χ4v) is 3.68. The van der Waals surface area contributed by atoms with E-state index in [4.69, 9.17) is 4.42 Å². The molecule has 0 radical (unpaired) electrons. The lowest BCUT2D eigenvalue weighted by atomic mass is 10.2. The zero-order valence-corrected chi connectivity index (χ0v) is 13.9. The van der Waals surface area contributed by atoms with Crippen molar-refractivity contribution in [1.29, 1.82) is 0 Å². The van der Waals surface area contributed by atoms with Crippen LogP contribution in [0.1, 0.15) is 21.7 Å². The molecule has 7 nitrogen and oxygen atoms in total. The van der Waals surface area contributed by atoms with Gasteiger partial charge in [0.25, 0.3) is 0 Å². The second-order valence-electron chi connectivity index (χ2n) is 5.80. The van der Waals surface area contributed by atoms with E-state index in [9.17, 15) is 5.11 Å². The Morgan fingerprint density at radius 3 is 2.86 bits per heavy atom. The average Bonchev–Trinajstić information content (AvgIpc) is 3.13. The zero-order valence-electron chi connectivity index (χ0n) is 13.1. The van der Waals surface area contributed by atoms with Crippen LogP contribution < -0.4 is 0 Å². The number of aliphatic hydroxyl groups excluding tert-OH is 1. The summed E-state index contributed by atoms with van der Waals surface area (Å²) >= 11 is 1.71. The molecule has 8 heteroatoms. The van der Waals surface area contributed by atoms with Gasteiger partial charge in [-0.1, -0.05) is 0 Å². The summed E-state index contributed by atoms with van der Waals surface area (Å²) in [6.45, 7) is 6.68. The first-order valence-electron chi connectivity index (χ1n) is 7.32. The van der Waals surface area contributed by atoms with E-state index in [0.29, 0.717) is 24.9 Å². The summed E-state index contributed by atoms with van der Waals surface area (Å²) in [5.41, 5.74) is 0. The molecule has 0 saturated carbocycles. The van der Waals surface area contributed by atoms with Crippen molar-refractivity contribution >= 4 is 11.3 Å². The molecule has 0 aliphatic carbocycles. The van der Waals surface area contributed by atoms with Crippen LogP contribution in [-0.2, 0) is 13.1 Å². The predicted molar refractivity (Wildman–Crippen MR) is 82.4 cm³/mol. The van der Waals surface area contributed by atoms with E-state index >= 15 is 0 Å². The predicted octanol–water partition coefficient (Wildman–Crippen LogP) is 0.820. The Morgan fingerprint density at radius 1 is 1.41 bits per heavy atom. The number of nitrogens with zero attached hydrogens (tertiary/aromatic N) is 5. The van der Waals surface area contributed by atoms with Gasteiger partial charge in [0, 0.05) is 43.7 Å². The molecule has 0 spiro atoms. The Hall–Kier alpha value is -1.35. The third-order valence-corrected chi connectivity index (χ3v) is 4.80. The van der Waals surface area contributed by atoms with Crippen molar-refractivity contribution < 1.29 is 9.52 Å². The largest absolute Gasteiger partial charge is 0.424 e. The minimum absolute atomic E-state index is 0.0706. The highest BCUT2D eigenvalue weighted by Crippen LogP contribution is 2.21. The van der Waals surface area contributed by atoms with Crippen LogP contribution in [-0.4, -0.2) is 62.4 Å². The quantitative estimate of drug-likeness (QED) is 0.872. The van der Waals surface area contributed by atoms with Crippen LogP contribution in [0.5, 0.6) is 0 Å². The average molecular weight is 323 g/mol. The van der Waals surface area contributed by atoms with Crippen LogP contribution in [0.25, 0.3) is 0 Å². The SMILES string of the molecule is Cc1nnc(CN(C)[C@@H]2CN(Cc3cnc(C)s3)C[C@H]2O)o1. The number of rotatable bonds is 5. The normalized spacial score (nSPS) is 22.8. The first-order chi connectivity index (χ1) is 10.5. The number of likely N-dealkylation sites (N-methyl/N-ethyl adjacent to an activating group) is 1. The second kappa shape index (κ2) is 6.41. The minimum atomic E-state index is -0.372. The fourth-order valence-electron chi connectivity index (χ4n) is 2.84. The highest BCUT2D eigenvalue weighted by Gasteiger charge is 2.34. The van der Waals surface area contributed by atoms with Gasteiger partial charge in [0.1, 0.15) is 0 Å². The van der Waals surface area contributed by atoms with Gasteiger partial charge in [0.15, 0.2) is 0 Å². The van der Waals surface area contributed by atoms with Crippen molar-refractivity contribution in [3.8, 4) is 0 Å². The van der Waals surface area contributed by atoms with Crippen molar-refractivity contribution in [1.82, 2.24) is 25.0 Å². The molecule has 2 atom stereocenters. The van der Waals surface area contributed by atoms with Gasteiger partial charge >= 0.3 is 0 Å². The molecule has 1 fully saturated rings. The second-order valence-corrected chi connectivity index (χ2v) is 7.12. The van der Waals surface area contributed by atoms with Gasteiger partial charge < -0.3 is 9.52 Å². The van der Waals surface area contributed by atoms with Crippen molar-refractivity contribution in [2.45, 2.75) is 39.1 Å². The van der Waals surface area contributed by atoms with Crippen LogP contribution in [0, 0.1) is 13.8 Å². The summed E-state index contributed by atoms with van der Waals surface area (Å²) in [4.78, 5) is 9.86. The summed E-state index contributed by atoms with van der Waals surface area (Å²) in [6.07, 6.45) is 1.55. The van der Waals surface area contributed by atoms with Gasteiger partial charge in [-0.15, -0.1) is 21.5 Å². The van der Waals surface area contributed by atoms with Crippen LogP contribution in [0.15, 0.2) is 10.6 Å². The van der Waals surface area contributed by atoms with Crippen molar-refractivity contribution in [2.75, 3.05) is 20.1 Å². The standard InChI is InChI=1S/C14H21N5O2S/c1-9-16-17-14(21-9)8-18(3)12-6-19(7-13(12)20)5-11-4-15-10(2)22-11/h4,12-13,20H,5-8H2,1-3H3/t12-,13-/m1/s1. The van der Waals surface area contributed by atoms with Gasteiger partial charge in [0.05, 0.1) is 17.7 Å². The first-order valence-corrected chi connectivity index (χ1v) is 8.14. The topological polar surface area (TPSA) is 78.5 Å². The summed E-state index contributed by atoms with van der Waals surface area (Å²) in [5, 5.41) is 19.3. The number of aryl methyl sites for hydroxylation is 2. The van der Waals surface area contributed by atoms with Crippen LogP contribution in [0.2, 0.25) is 0 Å². The smallest absolute Gasteiger partial charge is 0.230 e. The number of hydrogen-bond donors (Lipinski definition) is 1. The summed E-state index contributed by atoms with van der Waals surface area (Å²) in [5.74, 6) is 1.15. The third kappa shape index (κ3) is 3.52. The molecule has 1 aliphatic heterocycles. The number of aliphatic hydroxyl groups is 1. The van der Waals surface area contributed by atoms with E-state index in [1.165, 1.54) is 4.88 Å². The molecule has 2 aromatic heterocycles. The highest BCUT2D eigenvalue weighted by molar-refractivity contribution is 7.11. The molecule has 1 saturated heterocycles. The molecule has 3 rings (SSSR count). The highest BCUT2D eigenvalue weighted by atomic mass is 32.1. The number of aromatic nitrogens is 3. The van der Waals surface area contributed by atoms with Gasteiger partial charge in [-0.05, 0) is 14.0 Å². The molecule has 1 N–H and O–H groups in total. The van der Waals surface area contributed by atoms with Crippen LogP contribution >= 0.6 is 11.3 Å². The lowest BCUT2D eigenvalue weighted by Gasteiger charge is -2.25. The lowest BCUT2D eigenvalue weighted by Crippen LogP contribution is -2.40. The molecule has 1 aliphatic rings. The van der Waals surface area contributed by atoms with E-state index in [0.717, 1.165) is 18.1 Å². The Labute approximate surface area is 133 Å². The van der Waals surface area contributed by atoms with E-state index in [-0.39, 0.29) is 12.1 Å². The maximum atomic E-state index is 10.3. The van der Waals surface area contributed by atoms with E-state index in [2.05, 4.69) is 25.0 Å². The van der Waals surface area contributed by atoms with Crippen molar-refractivity contribution in [3.63, 3.8) is 0 Å². The van der Waals surface area contributed by atoms with E-state index < -0.39 is 0 Å². The summed E-state index contributed by atoms with van der Waals surface area (Å²) in [7, 11) is 1.98. The molecular weight excluding hydrogens is 302 g/mol. The van der Waals surface area contributed by atoms with E-state index in [1.54, 1.807) is 18.3 Å². The van der Waals surface area contributed by atoms with Crippen molar-refractivity contribution in [3.05, 3.63) is 27.9 Å². The molecule has 0 bridgehead atoms. The zero-order chi connectivity index (χ0) is 15.7. The molecule has 0 amide bonds. The maximum Gasteiger partial charge on any atom is 0.230 e. The lowest BCUT2D eigenvalue weighted by molar-refractivity contribution is 0.0899. The third-order valence-electron chi connectivity index (χ3n) is 3.90. The van der Waals surface area contributed by atoms with E-state index in [1.807, 2.05) is 20.2 Å². The number of likely N-dealkylation sites (tertiary alicyclic amines) is 1. The summed E-state index contributed by atoms with van der Waals surface area (Å²) in [6, 6.07) is 0.0706. The maximum absolute atomic E-state index is 10.3. The van der Waals surface area contributed by atoms with Gasteiger partial charge in [-0.3, -0.25) is 9.80 Å². The Bertz CT molecular complexity index is 628. The Morgan fingerprint density at radius 2 is 2.23 bits per heavy atom. The molecule has 120 valence electrons. The molecule has 0 unspecified atom stereocenters. The molecule has 0 aromatic carbocycles. The molecular formula is C14H21N5O2S. The fraction of sp³-hybridized carbons (Fsp3) is 0.643. The monoisotopic (exact) mass is 323 g/mol. The number of hydrogen-bond acceptors (Lipinski definition) is 8. The first kappa shape index (κ1) is 15.5. The summed E-state index contributed by atoms with van der Waals surface area (Å²) < 4.78 is 5.41. The molecule has 2 aromatic rings. The Balaban J connectivity index is 1.57. The van der Waals surface area contributed by atoms with Gasteiger partial charge in [-0.2, -0.15) is 0 Å². The van der Waals surface area contributed by atoms with Crippen LogP contribution in [0.4, 0.5) is 0 Å². The molecule has 3 heterocycles. The number of β-amino-alcohol motifs (C(OH)–C–C–N with tert-alkyl or cyclic N) is 1. The molecule has 22 heavy (non-hydrogen) atoms. The van der Waals surface area contributed by atoms with Gasteiger partial charge in [0.2, 0.25) is 11.8 Å². The number of thiazole rings is 1. The minimum Gasteiger partial charge on any atom is -0.424 e. The Kier molecular flexibility index (Phi) is 4.53. The van der Waals surface area contributed by atoms with Crippen LogP contribution in [0.3, 0.4) is 0 Å². The van der Waals surface area contributed by atoms with Crippen molar-refractivity contribution in [2.24, 2.45) is 0 Å².